The van der Waals surface area contributed by atoms with Gasteiger partial charge in [-0.1, -0.05) is 64.2 Å². The quantitative estimate of drug-likeness (QED) is 0.159. The molecule has 0 bridgehead atoms. The lowest BCUT2D eigenvalue weighted by atomic mass is 10.1. The zero-order chi connectivity index (χ0) is 28.2. The van der Waals surface area contributed by atoms with Crippen molar-refractivity contribution in [1.82, 2.24) is 20.1 Å². The van der Waals surface area contributed by atoms with Crippen molar-refractivity contribution in [2.45, 2.75) is 0 Å². The van der Waals surface area contributed by atoms with E-state index in [1.165, 1.54) is 0 Å². The molecule has 0 spiro atoms. The van der Waals surface area contributed by atoms with Crippen LogP contribution in [0.25, 0.3) is 22.6 Å². The highest BCUT2D eigenvalue weighted by atomic mass is 35.5. The first-order chi connectivity index (χ1) is 20.0. The molecule has 202 valence electrons. The first-order valence-electron chi connectivity index (χ1n) is 12.4. The molecule has 0 atom stereocenters. The van der Waals surface area contributed by atoms with E-state index in [0.717, 1.165) is 28.2 Å². The normalized spacial score (nSPS) is 10.8. The van der Waals surface area contributed by atoms with E-state index < -0.39 is 0 Å². The highest BCUT2D eigenvalue weighted by Gasteiger charge is 2.11. The lowest BCUT2D eigenvalue weighted by Crippen LogP contribution is -2.07. The van der Waals surface area contributed by atoms with Crippen LogP contribution in [0.5, 0.6) is 0 Å². The van der Waals surface area contributed by atoms with Crippen molar-refractivity contribution < 1.29 is 4.52 Å². The van der Waals surface area contributed by atoms with Crippen molar-refractivity contribution >= 4 is 69.7 Å². The van der Waals surface area contributed by atoms with E-state index in [1.807, 2.05) is 78.9 Å². The molecule has 8 nitrogen and oxygen atoms in total. The van der Waals surface area contributed by atoms with Crippen LogP contribution in [0, 0.1) is 0 Å². The minimum atomic E-state index is 0.338. The summed E-state index contributed by atoms with van der Waals surface area (Å²) in [6.45, 7) is 0. The average molecular weight is 601 g/mol. The SMILES string of the molecule is Clc1ccc(Nc2nc(Nc3ccc(Cl)cc3)nc(Nc3ccc(-c4cc(-c5cccc(Cl)c5)on4)cc3)n2)cc1. The van der Waals surface area contributed by atoms with Gasteiger partial charge in [0.25, 0.3) is 0 Å². The summed E-state index contributed by atoms with van der Waals surface area (Å²) in [7, 11) is 0. The number of halogens is 3. The second kappa shape index (κ2) is 11.9. The average Bonchev–Trinajstić information content (AvgIpc) is 3.47. The van der Waals surface area contributed by atoms with Crippen LogP contribution in [0.2, 0.25) is 15.1 Å². The van der Waals surface area contributed by atoms with Crippen LogP contribution < -0.4 is 16.0 Å². The molecule has 0 saturated carbocycles. The van der Waals surface area contributed by atoms with Crippen LogP contribution in [-0.2, 0) is 0 Å². The molecule has 0 fully saturated rings. The predicted octanol–water partition coefficient (Wildman–Crippen LogP) is 9.38. The lowest BCUT2D eigenvalue weighted by Gasteiger charge is -2.12. The van der Waals surface area contributed by atoms with E-state index in [4.69, 9.17) is 39.3 Å². The molecule has 0 aliphatic rings. The summed E-state index contributed by atoms with van der Waals surface area (Å²) >= 11 is 18.2. The number of benzene rings is 4. The van der Waals surface area contributed by atoms with Crippen LogP contribution in [0.4, 0.5) is 34.9 Å². The fourth-order valence-corrected chi connectivity index (χ4v) is 4.35. The van der Waals surface area contributed by atoms with Gasteiger partial charge in [-0.25, -0.2) is 0 Å². The Balaban J connectivity index is 1.23. The Hall–Kier alpha value is -4.63. The van der Waals surface area contributed by atoms with Crippen molar-refractivity contribution in [2.75, 3.05) is 16.0 Å². The molecule has 0 saturated heterocycles. The maximum absolute atomic E-state index is 6.11. The maximum Gasteiger partial charge on any atom is 0.233 e. The molecular weight excluding hydrogens is 581 g/mol. The Bertz CT molecular complexity index is 1730. The second-order valence-electron chi connectivity index (χ2n) is 8.86. The molecule has 0 unspecified atom stereocenters. The largest absolute Gasteiger partial charge is 0.356 e. The summed E-state index contributed by atoms with van der Waals surface area (Å²) in [5.41, 5.74) is 4.77. The van der Waals surface area contributed by atoms with Crippen LogP contribution in [-0.4, -0.2) is 20.1 Å². The van der Waals surface area contributed by atoms with Crippen molar-refractivity contribution in [3.63, 3.8) is 0 Å². The Labute approximate surface area is 250 Å². The van der Waals surface area contributed by atoms with Gasteiger partial charge < -0.3 is 20.5 Å². The number of anilines is 6. The van der Waals surface area contributed by atoms with E-state index in [-0.39, 0.29) is 0 Å². The van der Waals surface area contributed by atoms with E-state index >= 15 is 0 Å². The van der Waals surface area contributed by atoms with E-state index in [9.17, 15) is 0 Å². The van der Waals surface area contributed by atoms with Crippen LogP contribution in [0.15, 0.2) is 108 Å². The highest BCUT2D eigenvalue weighted by molar-refractivity contribution is 6.31. The van der Waals surface area contributed by atoms with Gasteiger partial charge >= 0.3 is 0 Å². The molecule has 0 aliphatic heterocycles. The van der Waals surface area contributed by atoms with Gasteiger partial charge in [0.05, 0.1) is 0 Å². The van der Waals surface area contributed by atoms with Crippen LogP contribution in [0.3, 0.4) is 0 Å². The third-order valence-electron chi connectivity index (χ3n) is 5.89. The molecule has 2 heterocycles. The number of aromatic nitrogens is 4. The van der Waals surface area contributed by atoms with Crippen LogP contribution in [0.1, 0.15) is 0 Å². The van der Waals surface area contributed by atoms with Gasteiger partial charge in [0, 0.05) is 49.3 Å². The first-order valence-corrected chi connectivity index (χ1v) is 13.5. The number of nitrogens with one attached hydrogen (secondary N) is 3. The first kappa shape index (κ1) is 26.6. The number of hydrogen-bond donors (Lipinski definition) is 3. The molecule has 0 amide bonds. The van der Waals surface area contributed by atoms with E-state index in [0.29, 0.717) is 44.4 Å². The topological polar surface area (TPSA) is 101 Å². The minimum absolute atomic E-state index is 0.338. The molecule has 41 heavy (non-hydrogen) atoms. The number of nitrogens with zero attached hydrogens (tertiary/aromatic N) is 4. The smallest absolute Gasteiger partial charge is 0.233 e. The molecule has 11 heteroatoms. The monoisotopic (exact) mass is 599 g/mol. The fraction of sp³-hybridized carbons (Fsp3) is 0. The maximum atomic E-state index is 6.11. The highest BCUT2D eigenvalue weighted by Crippen LogP contribution is 2.29. The van der Waals surface area contributed by atoms with Crippen molar-refractivity contribution in [1.29, 1.82) is 0 Å². The van der Waals surface area contributed by atoms with Gasteiger partial charge in [-0.05, 0) is 72.8 Å². The number of hydrogen-bond acceptors (Lipinski definition) is 8. The summed E-state index contributed by atoms with van der Waals surface area (Å²) in [5.74, 6) is 1.66. The van der Waals surface area contributed by atoms with Crippen molar-refractivity contribution in [3.05, 3.63) is 118 Å². The van der Waals surface area contributed by atoms with Gasteiger partial charge in [-0.15, -0.1) is 0 Å². The van der Waals surface area contributed by atoms with Crippen LogP contribution >= 0.6 is 34.8 Å². The Morgan fingerprint density at radius 2 is 0.976 bits per heavy atom. The van der Waals surface area contributed by atoms with Crippen molar-refractivity contribution in [2.24, 2.45) is 0 Å². The summed E-state index contributed by atoms with van der Waals surface area (Å²) in [6.07, 6.45) is 0. The molecule has 2 aromatic heterocycles. The summed E-state index contributed by atoms with van der Waals surface area (Å²) < 4.78 is 5.54. The fourth-order valence-electron chi connectivity index (χ4n) is 3.91. The summed E-state index contributed by atoms with van der Waals surface area (Å²) in [5, 5.41) is 15.7. The van der Waals surface area contributed by atoms with Gasteiger partial charge in [0.1, 0.15) is 5.69 Å². The van der Waals surface area contributed by atoms with E-state index in [2.05, 4.69) is 36.1 Å². The zero-order valence-corrected chi connectivity index (χ0v) is 23.4. The molecule has 6 aromatic rings. The summed E-state index contributed by atoms with van der Waals surface area (Å²) in [4.78, 5) is 13.6. The molecule has 6 rings (SSSR count). The molecule has 3 N–H and O–H groups in total. The standard InChI is InChI=1S/C30H20Cl3N7O/c31-20-6-12-24(13-7-20)35-29-37-28(38-30(39-29)36-25-14-8-21(32)9-15-25)34-23-10-4-18(5-11-23)26-17-27(41-40-26)19-2-1-3-22(33)16-19/h1-17H,(H3,34,35,36,37,38,39). The zero-order valence-electron chi connectivity index (χ0n) is 21.1. The molecular formula is C30H20Cl3N7O. The minimum Gasteiger partial charge on any atom is -0.356 e. The van der Waals surface area contributed by atoms with E-state index in [1.54, 1.807) is 24.3 Å². The molecule has 0 aliphatic carbocycles. The lowest BCUT2D eigenvalue weighted by molar-refractivity contribution is 0.435. The Morgan fingerprint density at radius 3 is 1.46 bits per heavy atom. The Morgan fingerprint density at radius 1 is 0.488 bits per heavy atom. The summed E-state index contributed by atoms with van der Waals surface area (Å²) in [6, 6.07) is 31.5. The molecule has 4 aromatic carbocycles. The van der Waals surface area contributed by atoms with Gasteiger partial charge in [0.2, 0.25) is 17.8 Å². The predicted molar refractivity (Wildman–Crippen MR) is 165 cm³/mol. The molecule has 0 radical (unpaired) electrons. The van der Waals surface area contributed by atoms with Gasteiger partial charge in [-0.2, -0.15) is 15.0 Å². The second-order valence-corrected chi connectivity index (χ2v) is 10.2. The van der Waals surface area contributed by atoms with Crippen molar-refractivity contribution in [3.8, 4) is 22.6 Å². The van der Waals surface area contributed by atoms with Gasteiger partial charge in [-0.3, -0.25) is 0 Å². The van der Waals surface area contributed by atoms with Gasteiger partial charge in [0.15, 0.2) is 5.76 Å². The third kappa shape index (κ3) is 6.75. The number of rotatable bonds is 8. The Kier molecular flexibility index (Phi) is 7.69. The third-order valence-corrected chi connectivity index (χ3v) is 6.63.